The van der Waals surface area contributed by atoms with Crippen LogP contribution in [0.3, 0.4) is 0 Å². The van der Waals surface area contributed by atoms with Gasteiger partial charge >= 0.3 is 0 Å². The molecule has 0 fully saturated rings. The molecule has 1 aliphatic carbocycles. The first-order valence-corrected chi connectivity index (χ1v) is 8.11. The van der Waals surface area contributed by atoms with E-state index in [4.69, 9.17) is 9.47 Å². The lowest BCUT2D eigenvalue weighted by Gasteiger charge is -2.28. The maximum atomic E-state index is 12.7. The molecule has 0 aromatic heterocycles. The van der Waals surface area contributed by atoms with Crippen molar-refractivity contribution < 1.29 is 14.3 Å². The van der Waals surface area contributed by atoms with Crippen molar-refractivity contribution in [3.8, 4) is 11.5 Å². The molecular formula is C18H23NO3. The normalized spacial score (nSPS) is 19.8. The van der Waals surface area contributed by atoms with Gasteiger partial charge in [0.25, 0.3) is 0 Å². The number of amides is 1. The largest absolute Gasteiger partial charge is 0.486 e. The Balaban J connectivity index is 1.75. The van der Waals surface area contributed by atoms with Crippen molar-refractivity contribution in [3.63, 3.8) is 0 Å². The van der Waals surface area contributed by atoms with Gasteiger partial charge in [-0.1, -0.05) is 24.3 Å². The van der Waals surface area contributed by atoms with Gasteiger partial charge in [-0.2, -0.15) is 0 Å². The number of benzene rings is 1. The van der Waals surface area contributed by atoms with Crippen molar-refractivity contribution in [3.05, 3.63) is 35.9 Å². The Morgan fingerprint density at radius 1 is 1.27 bits per heavy atom. The molecule has 4 nitrogen and oxygen atoms in total. The van der Waals surface area contributed by atoms with E-state index < -0.39 is 0 Å². The Morgan fingerprint density at radius 3 is 2.91 bits per heavy atom. The second-order valence-electron chi connectivity index (χ2n) is 5.78. The Labute approximate surface area is 131 Å². The number of carbonyl (C=O) groups is 1. The quantitative estimate of drug-likeness (QED) is 0.802. The van der Waals surface area contributed by atoms with E-state index >= 15 is 0 Å². The SMILES string of the molecule is CCN(Cc1cccc2c1OCCO2)C(=O)C1CC=CCC1. The zero-order valence-electron chi connectivity index (χ0n) is 13.1. The van der Waals surface area contributed by atoms with Gasteiger partial charge in [0.2, 0.25) is 5.91 Å². The summed E-state index contributed by atoms with van der Waals surface area (Å²) in [6, 6.07) is 5.90. The van der Waals surface area contributed by atoms with Gasteiger partial charge < -0.3 is 14.4 Å². The fourth-order valence-electron chi connectivity index (χ4n) is 3.09. The zero-order chi connectivity index (χ0) is 15.4. The zero-order valence-corrected chi connectivity index (χ0v) is 13.1. The molecule has 1 aromatic carbocycles. The lowest BCUT2D eigenvalue weighted by atomic mass is 9.93. The molecule has 118 valence electrons. The summed E-state index contributed by atoms with van der Waals surface area (Å²) in [7, 11) is 0. The number of hydrogen-bond donors (Lipinski definition) is 0. The second kappa shape index (κ2) is 6.86. The third kappa shape index (κ3) is 3.11. The van der Waals surface area contributed by atoms with Crippen molar-refractivity contribution in [2.75, 3.05) is 19.8 Å². The maximum absolute atomic E-state index is 12.7. The number of allylic oxidation sites excluding steroid dienone is 2. The standard InChI is InChI=1S/C18H23NO3/c1-2-19(18(20)14-7-4-3-5-8-14)13-15-9-6-10-16-17(15)22-12-11-21-16/h3-4,6,9-10,14H,2,5,7-8,11-13H2,1H3. The number of carbonyl (C=O) groups excluding carboxylic acids is 1. The van der Waals surface area contributed by atoms with Crippen LogP contribution >= 0.6 is 0 Å². The maximum Gasteiger partial charge on any atom is 0.226 e. The van der Waals surface area contributed by atoms with E-state index in [0.717, 1.165) is 36.3 Å². The molecule has 1 heterocycles. The van der Waals surface area contributed by atoms with Gasteiger partial charge in [0.15, 0.2) is 11.5 Å². The highest BCUT2D eigenvalue weighted by atomic mass is 16.6. The van der Waals surface area contributed by atoms with Crippen molar-refractivity contribution in [1.82, 2.24) is 4.90 Å². The Kier molecular flexibility index (Phi) is 4.66. The van der Waals surface area contributed by atoms with E-state index in [9.17, 15) is 4.79 Å². The average Bonchev–Trinajstić information content (AvgIpc) is 2.60. The van der Waals surface area contributed by atoms with Crippen molar-refractivity contribution in [2.45, 2.75) is 32.7 Å². The van der Waals surface area contributed by atoms with Crippen molar-refractivity contribution >= 4 is 5.91 Å². The minimum Gasteiger partial charge on any atom is -0.486 e. The van der Waals surface area contributed by atoms with Crippen LogP contribution in [-0.4, -0.2) is 30.6 Å². The molecule has 0 saturated carbocycles. The molecule has 1 aromatic rings. The van der Waals surface area contributed by atoms with Crippen LogP contribution in [0.1, 0.15) is 31.7 Å². The highest BCUT2D eigenvalue weighted by Gasteiger charge is 2.25. The summed E-state index contributed by atoms with van der Waals surface area (Å²) < 4.78 is 11.4. The molecule has 0 spiro atoms. The van der Waals surface area contributed by atoms with Gasteiger partial charge in [0.05, 0.1) is 0 Å². The summed E-state index contributed by atoms with van der Waals surface area (Å²) in [5.74, 6) is 1.96. The Bertz CT molecular complexity index is 567. The predicted octanol–water partition coefficient (Wildman–Crippen LogP) is 3.16. The monoisotopic (exact) mass is 301 g/mol. The van der Waals surface area contributed by atoms with E-state index in [0.29, 0.717) is 26.3 Å². The summed E-state index contributed by atoms with van der Waals surface area (Å²) in [6.45, 7) is 4.48. The van der Waals surface area contributed by atoms with Gasteiger partial charge in [0, 0.05) is 24.6 Å². The fourth-order valence-corrected chi connectivity index (χ4v) is 3.09. The molecule has 2 aliphatic rings. The van der Waals surface area contributed by atoms with E-state index in [-0.39, 0.29) is 11.8 Å². The number of nitrogens with zero attached hydrogens (tertiary/aromatic N) is 1. The second-order valence-corrected chi connectivity index (χ2v) is 5.78. The van der Waals surface area contributed by atoms with Gasteiger partial charge in [-0.3, -0.25) is 4.79 Å². The number of para-hydroxylation sites is 1. The smallest absolute Gasteiger partial charge is 0.226 e. The van der Waals surface area contributed by atoms with Crippen molar-refractivity contribution in [2.24, 2.45) is 5.92 Å². The summed E-state index contributed by atoms with van der Waals surface area (Å²) in [5.41, 5.74) is 1.03. The van der Waals surface area contributed by atoms with Crippen LogP contribution in [0.2, 0.25) is 0 Å². The minimum atomic E-state index is 0.127. The fraction of sp³-hybridized carbons (Fsp3) is 0.500. The van der Waals surface area contributed by atoms with Crippen LogP contribution in [0.5, 0.6) is 11.5 Å². The highest BCUT2D eigenvalue weighted by Crippen LogP contribution is 2.34. The molecule has 0 N–H and O–H groups in total. The molecule has 0 radical (unpaired) electrons. The summed E-state index contributed by atoms with van der Waals surface area (Å²) >= 11 is 0. The lowest BCUT2D eigenvalue weighted by Crippen LogP contribution is -2.36. The number of fused-ring (bicyclic) bond motifs is 1. The van der Waals surface area contributed by atoms with Gasteiger partial charge in [-0.25, -0.2) is 0 Å². The number of ether oxygens (including phenoxy) is 2. The summed E-state index contributed by atoms with van der Waals surface area (Å²) in [6.07, 6.45) is 7.12. The molecule has 1 aliphatic heterocycles. The molecule has 0 saturated heterocycles. The van der Waals surface area contributed by atoms with Crippen LogP contribution in [0.4, 0.5) is 0 Å². The van der Waals surface area contributed by atoms with Gasteiger partial charge in [-0.05, 0) is 32.3 Å². The first-order chi connectivity index (χ1) is 10.8. The number of hydrogen-bond acceptors (Lipinski definition) is 3. The van der Waals surface area contributed by atoms with Crippen LogP contribution < -0.4 is 9.47 Å². The lowest BCUT2D eigenvalue weighted by molar-refractivity contribution is -0.136. The molecule has 3 rings (SSSR count). The molecule has 4 heteroatoms. The first-order valence-electron chi connectivity index (χ1n) is 8.11. The molecule has 1 amide bonds. The molecule has 1 unspecified atom stereocenters. The third-order valence-corrected chi connectivity index (χ3v) is 4.32. The van der Waals surface area contributed by atoms with Crippen molar-refractivity contribution in [1.29, 1.82) is 0 Å². The minimum absolute atomic E-state index is 0.127. The average molecular weight is 301 g/mol. The first kappa shape index (κ1) is 14.9. The predicted molar refractivity (Wildman–Crippen MR) is 85.0 cm³/mol. The Morgan fingerprint density at radius 2 is 2.14 bits per heavy atom. The summed E-state index contributed by atoms with van der Waals surface area (Å²) in [4.78, 5) is 14.6. The number of rotatable bonds is 4. The van der Waals surface area contributed by atoms with Crippen LogP contribution in [0.15, 0.2) is 30.4 Å². The van der Waals surface area contributed by atoms with Crippen LogP contribution in [-0.2, 0) is 11.3 Å². The molecule has 1 atom stereocenters. The van der Waals surface area contributed by atoms with Crippen LogP contribution in [0, 0.1) is 5.92 Å². The highest BCUT2D eigenvalue weighted by molar-refractivity contribution is 5.79. The van der Waals surface area contributed by atoms with Gasteiger partial charge in [0.1, 0.15) is 13.2 Å². The third-order valence-electron chi connectivity index (χ3n) is 4.32. The molecule has 22 heavy (non-hydrogen) atoms. The van der Waals surface area contributed by atoms with E-state index in [2.05, 4.69) is 12.2 Å². The molecular weight excluding hydrogens is 278 g/mol. The van der Waals surface area contributed by atoms with E-state index in [1.807, 2.05) is 30.0 Å². The van der Waals surface area contributed by atoms with Gasteiger partial charge in [-0.15, -0.1) is 0 Å². The topological polar surface area (TPSA) is 38.8 Å². The summed E-state index contributed by atoms with van der Waals surface area (Å²) in [5, 5.41) is 0. The van der Waals surface area contributed by atoms with Crippen LogP contribution in [0.25, 0.3) is 0 Å². The van der Waals surface area contributed by atoms with E-state index in [1.165, 1.54) is 0 Å². The van der Waals surface area contributed by atoms with E-state index in [1.54, 1.807) is 0 Å². The molecule has 0 bridgehead atoms. The Hall–Kier alpha value is -1.97.